The molecule has 8 heteroatoms. The highest BCUT2D eigenvalue weighted by Crippen LogP contribution is 2.36. The Kier molecular flexibility index (Phi) is 3.46. The predicted molar refractivity (Wildman–Crippen MR) is 102 cm³/mol. The first-order valence-corrected chi connectivity index (χ1v) is 9.48. The number of nitrogens with two attached hydrogens (primary N) is 1. The molecular weight excluding hydrogens is 348 g/mol. The van der Waals surface area contributed by atoms with Crippen LogP contribution in [0.5, 0.6) is 0 Å². The first kappa shape index (κ1) is 15.4. The third-order valence-electron chi connectivity index (χ3n) is 5.14. The number of carbonyl (C=O) groups excluding carboxylic acids is 1. The van der Waals surface area contributed by atoms with Crippen LogP contribution in [0.4, 0.5) is 11.5 Å². The van der Waals surface area contributed by atoms with Gasteiger partial charge in [-0.05, 0) is 43.0 Å². The molecule has 0 saturated heterocycles. The van der Waals surface area contributed by atoms with Crippen LogP contribution in [0.3, 0.4) is 0 Å². The molecule has 0 bridgehead atoms. The number of aryl methyl sites for hydroxylation is 1. The van der Waals surface area contributed by atoms with Gasteiger partial charge in [-0.2, -0.15) is 0 Å². The van der Waals surface area contributed by atoms with Gasteiger partial charge in [0, 0.05) is 17.2 Å². The molecule has 3 heterocycles. The standard InChI is InChI=1S/C18H18N6OS/c19-17(25)10-1-3-14-12(5-10)13-7-24(8-20-18(13)22-14)23-11-2-4-15-16(6-11)26-9-21-15/h2,4,6,8-10,22-23H,1,3,5,7H2,(H2,19,25). The zero-order valence-electron chi connectivity index (χ0n) is 14.0. The summed E-state index contributed by atoms with van der Waals surface area (Å²) in [6, 6.07) is 6.11. The number of nitrogens with zero attached hydrogens (tertiary/aromatic N) is 3. The normalized spacial score (nSPS) is 18.6. The number of hydrogen-bond acceptors (Lipinski definition) is 6. The van der Waals surface area contributed by atoms with Gasteiger partial charge in [0.15, 0.2) is 0 Å². The van der Waals surface area contributed by atoms with E-state index in [9.17, 15) is 4.79 Å². The maximum Gasteiger partial charge on any atom is 0.220 e. The Hall–Kier alpha value is -2.87. The second-order valence-corrected chi connectivity index (χ2v) is 7.66. The van der Waals surface area contributed by atoms with Crippen LogP contribution in [-0.4, -0.2) is 27.2 Å². The third-order valence-corrected chi connectivity index (χ3v) is 5.93. The van der Waals surface area contributed by atoms with Crippen LogP contribution in [0.15, 0.2) is 28.7 Å². The van der Waals surface area contributed by atoms with Gasteiger partial charge in [-0.1, -0.05) is 0 Å². The second-order valence-electron chi connectivity index (χ2n) is 6.77. The number of aromatic nitrogens is 2. The maximum absolute atomic E-state index is 11.6. The molecule has 0 saturated carbocycles. The maximum atomic E-state index is 11.6. The Morgan fingerprint density at radius 1 is 1.38 bits per heavy atom. The molecule has 2 aromatic heterocycles. The quantitative estimate of drug-likeness (QED) is 0.663. The van der Waals surface area contributed by atoms with E-state index in [1.54, 1.807) is 17.7 Å². The van der Waals surface area contributed by atoms with Crippen molar-refractivity contribution in [2.24, 2.45) is 16.6 Å². The number of primary amides is 1. The summed E-state index contributed by atoms with van der Waals surface area (Å²) in [6.07, 6.45) is 4.16. The van der Waals surface area contributed by atoms with E-state index in [1.165, 1.54) is 11.3 Å². The molecule has 26 heavy (non-hydrogen) atoms. The SMILES string of the molecule is NC(=O)C1CCc2[nH]c3c(c2C1)CN(Nc1ccc2ncsc2c1)C=N3. The number of nitrogens with one attached hydrogen (secondary N) is 2. The van der Waals surface area contributed by atoms with Gasteiger partial charge in [-0.15, -0.1) is 11.3 Å². The van der Waals surface area contributed by atoms with Crippen LogP contribution in [-0.2, 0) is 24.2 Å². The van der Waals surface area contributed by atoms with E-state index in [2.05, 4.69) is 26.5 Å². The molecule has 5 rings (SSSR count). The van der Waals surface area contributed by atoms with Crippen molar-refractivity contribution < 1.29 is 4.79 Å². The Morgan fingerprint density at radius 3 is 3.19 bits per heavy atom. The zero-order chi connectivity index (χ0) is 17.7. The summed E-state index contributed by atoms with van der Waals surface area (Å²) >= 11 is 1.62. The number of hydrogen-bond donors (Lipinski definition) is 3. The van der Waals surface area contributed by atoms with Crippen molar-refractivity contribution in [1.29, 1.82) is 0 Å². The molecular formula is C18H18N6OS. The van der Waals surface area contributed by atoms with E-state index in [0.29, 0.717) is 13.0 Å². The van der Waals surface area contributed by atoms with Gasteiger partial charge in [0.1, 0.15) is 12.2 Å². The number of fused-ring (bicyclic) bond motifs is 4. The van der Waals surface area contributed by atoms with Crippen molar-refractivity contribution in [3.05, 3.63) is 40.5 Å². The van der Waals surface area contributed by atoms with Gasteiger partial charge < -0.3 is 10.7 Å². The Morgan fingerprint density at radius 2 is 2.31 bits per heavy atom. The highest BCUT2D eigenvalue weighted by Gasteiger charge is 2.29. The van der Waals surface area contributed by atoms with Crippen LogP contribution in [0.2, 0.25) is 0 Å². The zero-order valence-corrected chi connectivity index (χ0v) is 14.8. The molecule has 132 valence electrons. The van der Waals surface area contributed by atoms with Gasteiger partial charge in [-0.3, -0.25) is 15.2 Å². The Balaban J connectivity index is 1.39. The van der Waals surface area contributed by atoms with Crippen molar-refractivity contribution >= 4 is 45.3 Å². The molecule has 3 aromatic rings. The second kappa shape index (κ2) is 5.84. The fourth-order valence-corrected chi connectivity index (χ4v) is 4.48. The topological polar surface area (TPSA) is 99.4 Å². The van der Waals surface area contributed by atoms with Gasteiger partial charge in [0.25, 0.3) is 0 Å². The van der Waals surface area contributed by atoms with E-state index in [1.807, 2.05) is 22.7 Å². The molecule has 1 atom stereocenters. The number of aromatic amines is 1. The highest BCUT2D eigenvalue weighted by atomic mass is 32.1. The van der Waals surface area contributed by atoms with Crippen LogP contribution in [0.1, 0.15) is 23.2 Å². The van der Waals surface area contributed by atoms with Crippen molar-refractivity contribution in [1.82, 2.24) is 15.0 Å². The van der Waals surface area contributed by atoms with Gasteiger partial charge in [0.05, 0.1) is 28.0 Å². The van der Waals surface area contributed by atoms with Crippen molar-refractivity contribution in [2.75, 3.05) is 5.43 Å². The number of anilines is 1. The predicted octanol–water partition coefficient (Wildman–Crippen LogP) is 2.72. The fraction of sp³-hybridized carbons (Fsp3) is 0.278. The summed E-state index contributed by atoms with van der Waals surface area (Å²) in [5.41, 5.74) is 16.3. The van der Waals surface area contributed by atoms with Crippen molar-refractivity contribution in [2.45, 2.75) is 25.8 Å². The smallest absolute Gasteiger partial charge is 0.220 e. The highest BCUT2D eigenvalue weighted by molar-refractivity contribution is 7.16. The minimum atomic E-state index is -0.210. The van der Waals surface area contributed by atoms with Crippen LogP contribution < -0.4 is 11.2 Å². The van der Waals surface area contributed by atoms with E-state index in [-0.39, 0.29) is 11.8 Å². The lowest BCUT2D eigenvalue weighted by molar-refractivity contribution is -0.122. The van der Waals surface area contributed by atoms with E-state index >= 15 is 0 Å². The third kappa shape index (κ3) is 2.53. The summed E-state index contributed by atoms with van der Waals surface area (Å²) in [7, 11) is 0. The minimum Gasteiger partial charge on any atom is -0.369 e. The van der Waals surface area contributed by atoms with E-state index in [4.69, 9.17) is 5.73 Å². The molecule has 0 spiro atoms. The number of rotatable bonds is 3. The van der Waals surface area contributed by atoms with Crippen LogP contribution >= 0.6 is 11.3 Å². The number of thiazole rings is 1. The summed E-state index contributed by atoms with van der Waals surface area (Å²) in [5, 5.41) is 1.96. The molecule has 1 amide bonds. The molecule has 1 aliphatic heterocycles. The summed E-state index contributed by atoms with van der Waals surface area (Å²) in [4.78, 5) is 23.9. The van der Waals surface area contributed by atoms with Crippen molar-refractivity contribution in [3.63, 3.8) is 0 Å². The van der Waals surface area contributed by atoms with Crippen LogP contribution in [0, 0.1) is 5.92 Å². The number of benzene rings is 1. The van der Waals surface area contributed by atoms with E-state index in [0.717, 1.165) is 40.1 Å². The van der Waals surface area contributed by atoms with Crippen LogP contribution in [0.25, 0.3) is 10.2 Å². The minimum absolute atomic E-state index is 0.0801. The fourth-order valence-electron chi connectivity index (χ4n) is 3.77. The summed E-state index contributed by atoms with van der Waals surface area (Å²) in [5.74, 6) is 0.609. The Labute approximate surface area is 153 Å². The number of aliphatic imine (C=N–C) groups is 1. The molecule has 2 aliphatic rings. The molecule has 1 aromatic carbocycles. The molecule has 1 aliphatic carbocycles. The number of amides is 1. The molecule has 0 radical (unpaired) electrons. The lowest BCUT2D eigenvalue weighted by atomic mass is 9.85. The lowest BCUT2D eigenvalue weighted by Gasteiger charge is -2.26. The van der Waals surface area contributed by atoms with Gasteiger partial charge in [0.2, 0.25) is 5.91 Å². The monoisotopic (exact) mass is 366 g/mol. The molecule has 1 unspecified atom stereocenters. The first-order valence-electron chi connectivity index (χ1n) is 8.60. The largest absolute Gasteiger partial charge is 0.369 e. The molecule has 7 nitrogen and oxygen atoms in total. The van der Waals surface area contributed by atoms with Gasteiger partial charge >= 0.3 is 0 Å². The molecule has 0 fully saturated rings. The summed E-state index contributed by atoms with van der Waals surface area (Å²) < 4.78 is 1.15. The number of hydrazine groups is 1. The average Bonchev–Trinajstić information content (AvgIpc) is 3.24. The Bertz CT molecular complexity index is 1040. The van der Waals surface area contributed by atoms with Crippen molar-refractivity contribution in [3.8, 4) is 0 Å². The van der Waals surface area contributed by atoms with E-state index < -0.39 is 0 Å². The lowest BCUT2D eigenvalue weighted by Crippen LogP contribution is -2.31. The molecule has 4 N–H and O–H groups in total. The first-order chi connectivity index (χ1) is 12.7. The van der Waals surface area contributed by atoms with Gasteiger partial charge in [-0.25, -0.2) is 9.98 Å². The summed E-state index contributed by atoms with van der Waals surface area (Å²) in [6.45, 7) is 0.691. The number of carbonyl (C=O) groups is 1. The average molecular weight is 366 g/mol. The number of H-pyrrole nitrogens is 1.